The highest BCUT2D eigenvalue weighted by molar-refractivity contribution is 5.92. The van der Waals surface area contributed by atoms with Crippen molar-refractivity contribution >= 4 is 22.5 Å². The van der Waals surface area contributed by atoms with Crippen LogP contribution in [0, 0.1) is 0 Å². The summed E-state index contributed by atoms with van der Waals surface area (Å²) < 4.78 is 17.0. The smallest absolute Gasteiger partial charge is 0.319 e. The van der Waals surface area contributed by atoms with E-state index >= 15 is 0 Å². The molecule has 3 aromatic rings. The second-order valence-corrected chi connectivity index (χ2v) is 6.36. The molecule has 2 amide bonds. The Morgan fingerprint density at radius 1 is 1.03 bits per heavy atom. The maximum absolute atomic E-state index is 12.6. The standard InChI is InChI=1S/C21H24N4O5/c1-28-12-11-25-20(26)15-8-5-4-7-14(15)17(24-25)13-22-21(27)23-16-9-6-10-18(29-2)19(16)30-3/h4-10H,11-13H2,1-3H3,(H2,22,23,27). The van der Waals surface area contributed by atoms with Crippen molar-refractivity contribution in [2.45, 2.75) is 13.1 Å². The minimum Gasteiger partial charge on any atom is -0.493 e. The van der Waals surface area contributed by atoms with E-state index in [0.29, 0.717) is 46.8 Å². The number of amides is 2. The molecule has 2 aromatic carbocycles. The van der Waals surface area contributed by atoms with Gasteiger partial charge < -0.3 is 24.8 Å². The zero-order valence-corrected chi connectivity index (χ0v) is 17.1. The fourth-order valence-corrected chi connectivity index (χ4v) is 3.08. The molecule has 0 atom stereocenters. The summed E-state index contributed by atoms with van der Waals surface area (Å²) in [7, 11) is 4.59. The molecule has 9 heteroatoms. The summed E-state index contributed by atoms with van der Waals surface area (Å²) in [5.74, 6) is 0.931. The van der Waals surface area contributed by atoms with E-state index < -0.39 is 6.03 Å². The third kappa shape index (κ3) is 4.52. The molecular weight excluding hydrogens is 388 g/mol. The first-order valence-corrected chi connectivity index (χ1v) is 9.32. The molecule has 1 aromatic heterocycles. The number of anilines is 1. The van der Waals surface area contributed by atoms with E-state index in [1.54, 1.807) is 37.4 Å². The normalized spacial score (nSPS) is 10.6. The highest BCUT2D eigenvalue weighted by Crippen LogP contribution is 2.34. The van der Waals surface area contributed by atoms with Crippen LogP contribution in [0.5, 0.6) is 11.5 Å². The average Bonchev–Trinajstić information content (AvgIpc) is 2.77. The Morgan fingerprint density at radius 2 is 1.80 bits per heavy atom. The van der Waals surface area contributed by atoms with Gasteiger partial charge in [-0.25, -0.2) is 9.48 Å². The summed E-state index contributed by atoms with van der Waals surface area (Å²) in [6.07, 6.45) is 0. The summed E-state index contributed by atoms with van der Waals surface area (Å²) in [4.78, 5) is 25.1. The number of carbonyl (C=O) groups is 1. The van der Waals surface area contributed by atoms with Crippen molar-refractivity contribution in [3.63, 3.8) is 0 Å². The number of carbonyl (C=O) groups excluding carboxylic acids is 1. The van der Waals surface area contributed by atoms with E-state index in [-0.39, 0.29) is 12.1 Å². The van der Waals surface area contributed by atoms with Crippen LogP contribution in [-0.2, 0) is 17.8 Å². The Kier molecular flexibility index (Phi) is 6.87. The van der Waals surface area contributed by atoms with Gasteiger partial charge in [0.1, 0.15) is 0 Å². The van der Waals surface area contributed by atoms with Crippen LogP contribution in [0.1, 0.15) is 5.69 Å². The van der Waals surface area contributed by atoms with Crippen LogP contribution in [-0.4, -0.2) is 43.7 Å². The molecule has 0 saturated heterocycles. The summed E-state index contributed by atoms with van der Waals surface area (Å²) >= 11 is 0. The van der Waals surface area contributed by atoms with Crippen molar-refractivity contribution in [3.05, 3.63) is 58.5 Å². The van der Waals surface area contributed by atoms with Crippen molar-refractivity contribution in [1.29, 1.82) is 0 Å². The number of ether oxygens (including phenoxy) is 3. The largest absolute Gasteiger partial charge is 0.493 e. The predicted octanol–water partition coefficient (Wildman–Crippen LogP) is 2.38. The van der Waals surface area contributed by atoms with E-state index in [1.165, 1.54) is 18.9 Å². The number of hydrogen-bond donors (Lipinski definition) is 2. The molecule has 1 heterocycles. The van der Waals surface area contributed by atoms with Gasteiger partial charge in [-0.1, -0.05) is 24.3 Å². The van der Waals surface area contributed by atoms with Crippen LogP contribution in [0.2, 0.25) is 0 Å². The molecule has 0 aliphatic carbocycles. The number of nitrogens with one attached hydrogen (secondary N) is 2. The first-order chi connectivity index (χ1) is 14.6. The third-order valence-electron chi connectivity index (χ3n) is 4.52. The molecule has 158 valence electrons. The molecule has 0 radical (unpaired) electrons. The molecule has 2 N–H and O–H groups in total. The predicted molar refractivity (Wildman–Crippen MR) is 113 cm³/mol. The fourth-order valence-electron chi connectivity index (χ4n) is 3.08. The molecular formula is C21H24N4O5. The lowest BCUT2D eigenvalue weighted by Crippen LogP contribution is -2.31. The Bertz CT molecular complexity index is 1100. The lowest BCUT2D eigenvalue weighted by Gasteiger charge is -2.14. The van der Waals surface area contributed by atoms with Gasteiger partial charge in [0.25, 0.3) is 5.56 Å². The van der Waals surface area contributed by atoms with Gasteiger partial charge in [0.15, 0.2) is 11.5 Å². The zero-order valence-electron chi connectivity index (χ0n) is 17.1. The number of fused-ring (bicyclic) bond motifs is 1. The summed E-state index contributed by atoms with van der Waals surface area (Å²) in [6, 6.07) is 11.9. The van der Waals surface area contributed by atoms with Crippen molar-refractivity contribution < 1.29 is 19.0 Å². The molecule has 0 aliphatic rings. The highest BCUT2D eigenvalue weighted by Gasteiger charge is 2.14. The van der Waals surface area contributed by atoms with Gasteiger partial charge in [0, 0.05) is 12.5 Å². The van der Waals surface area contributed by atoms with Gasteiger partial charge in [-0.15, -0.1) is 0 Å². The van der Waals surface area contributed by atoms with Gasteiger partial charge in [-0.2, -0.15) is 5.10 Å². The summed E-state index contributed by atoms with van der Waals surface area (Å²) in [5.41, 5.74) is 0.850. The molecule has 0 unspecified atom stereocenters. The molecule has 0 saturated carbocycles. The number of urea groups is 1. The van der Waals surface area contributed by atoms with Crippen LogP contribution in [0.3, 0.4) is 0 Å². The maximum Gasteiger partial charge on any atom is 0.319 e. The molecule has 0 aliphatic heterocycles. The molecule has 3 rings (SSSR count). The van der Waals surface area contributed by atoms with Crippen molar-refractivity contribution in [3.8, 4) is 11.5 Å². The van der Waals surface area contributed by atoms with Gasteiger partial charge in [0.2, 0.25) is 0 Å². The maximum atomic E-state index is 12.6. The fraction of sp³-hybridized carbons (Fsp3) is 0.286. The topological polar surface area (TPSA) is 104 Å². The lowest BCUT2D eigenvalue weighted by atomic mass is 10.1. The molecule has 0 fully saturated rings. The summed E-state index contributed by atoms with van der Waals surface area (Å²) in [5, 5.41) is 11.2. The van der Waals surface area contributed by atoms with E-state index in [2.05, 4.69) is 15.7 Å². The van der Waals surface area contributed by atoms with Crippen LogP contribution in [0.25, 0.3) is 10.8 Å². The Labute approximate surface area is 173 Å². The number of para-hydroxylation sites is 1. The molecule has 0 spiro atoms. The van der Waals surface area contributed by atoms with Crippen molar-refractivity contribution in [2.75, 3.05) is 33.3 Å². The van der Waals surface area contributed by atoms with E-state index in [0.717, 1.165) is 0 Å². The second-order valence-electron chi connectivity index (χ2n) is 6.36. The van der Waals surface area contributed by atoms with Crippen molar-refractivity contribution in [1.82, 2.24) is 15.1 Å². The molecule has 9 nitrogen and oxygen atoms in total. The van der Waals surface area contributed by atoms with Gasteiger partial charge in [-0.05, 0) is 18.2 Å². The first-order valence-electron chi connectivity index (χ1n) is 9.32. The lowest BCUT2D eigenvalue weighted by molar-refractivity contribution is 0.181. The van der Waals surface area contributed by atoms with Crippen LogP contribution < -0.4 is 25.7 Å². The third-order valence-corrected chi connectivity index (χ3v) is 4.52. The quantitative estimate of drug-likeness (QED) is 0.589. The number of hydrogen-bond acceptors (Lipinski definition) is 6. The Balaban J connectivity index is 1.81. The second kappa shape index (κ2) is 9.75. The van der Waals surface area contributed by atoms with Crippen LogP contribution >= 0.6 is 0 Å². The zero-order chi connectivity index (χ0) is 21.5. The number of benzene rings is 2. The Hall–Kier alpha value is -3.59. The van der Waals surface area contributed by atoms with Gasteiger partial charge in [-0.3, -0.25) is 4.79 Å². The van der Waals surface area contributed by atoms with Crippen LogP contribution in [0.15, 0.2) is 47.3 Å². The minimum atomic E-state index is -0.443. The van der Waals surface area contributed by atoms with E-state index in [9.17, 15) is 9.59 Å². The molecule has 0 bridgehead atoms. The first kappa shape index (κ1) is 21.1. The monoisotopic (exact) mass is 412 g/mol. The minimum absolute atomic E-state index is 0.131. The van der Waals surface area contributed by atoms with E-state index in [1.807, 2.05) is 12.1 Å². The number of aromatic nitrogens is 2. The number of rotatable bonds is 8. The van der Waals surface area contributed by atoms with Crippen LogP contribution in [0.4, 0.5) is 10.5 Å². The number of methoxy groups -OCH3 is 3. The summed E-state index contributed by atoms with van der Waals surface area (Å²) in [6.45, 7) is 0.806. The van der Waals surface area contributed by atoms with Crippen molar-refractivity contribution in [2.24, 2.45) is 0 Å². The Morgan fingerprint density at radius 3 is 2.50 bits per heavy atom. The van der Waals surface area contributed by atoms with Gasteiger partial charge >= 0.3 is 6.03 Å². The average molecular weight is 412 g/mol. The SMILES string of the molecule is COCCn1nc(CNC(=O)Nc2cccc(OC)c2OC)c2ccccc2c1=O. The number of nitrogens with zero attached hydrogens (tertiary/aromatic N) is 2. The van der Waals surface area contributed by atoms with E-state index in [4.69, 9.17) is 14.2 Å². The van der Waals surface area contributed by atoms with Gasteiger partial charge in [0.05, 0.1) is 50.7 Å². The highest BCUT2D eigenvalue weighted by atomic mass is 16.5. The molecule has 30 heavy (non-hydrogen) atoms.